The van der Waals surface area contributed by atoms with E-state index in [0.29, 0.717) is 0 Å². The zero-order valence-electron chi connectivity index (χ0n) is 8.33. The molecule has 1 saturated heterocycles. The van der Waals surface area contributed by atoms with E-state index in [1.165, 1.54) is 6.42 Å². The van der Waals surface area contributed by atoms with Crippen LogP contribution in [0.5, 0.6) is 0 Å². The molecule has 3 heteroatoms. The molecule has 0 amide bonds. The van der Waals surface area contributed by atoms with E-state index in [1.807, 2.05) is 19.9 Å². The van der Waals surface area contributed by atoms with E-state index in [2.05, 4.69) is 4.90 Å². The summed E-state index contributed by atoms with van der Waals surface area (Å²) in [5.41, 5.74) is 0.941. The molecule has 13 heavy (non-hydrogen) atoms. The Bertz CT molecular complexity index is 186. The maximum atomic E-state index is 9.89. The van der Waals surface area contributed by atoms with Gasteiger partial charge in [-0.05, 0) is 33.2 Å². The third-order valence-electron chi connectivity index (χ3n) is 2.61. The van der Waals surface area contributed by atoms with Crippen molar-refractivity contribution < 1.29 is 5.11 Å². The summed E-state index contributed by atoms with van der Waals surface area (Å²) in [4.78, 5) is 2.28. The molecule has 1 aliphatic rings. The first-order chi connectivity index (χ1) is 6.05. The van der Waals surface area contributed by atoms with Crippen molar-refractivity contribution in [3.05, 3.63) is 11.6 Å². The Balaban J connectivity index is 2.53. The van der Waals surface area contributed by atoms with Crippen LogP contribution in [0.1, 0.15) is 26.7 Å². The van der Waals surface area contributed by atoms with Gasteiger partial charge in [0, 0.05) is 18.1 Å². The number of hydrogen-bond donors (Lipinski definition) is 1. The van der Waals surface area contributed by atoms with Crippen LogP contribution < -0.4 is 0 Å². The molecular weight excluding hydrogens is 186 g/mol. The van der Waals surface area contributed by atoms with Gasteiger partial charge in [0.05, 0.1) is 5.60 Å². The van der Waals surface area contributed by atoms with E-state index >= 15 is 0 Å². The summed E-state index contributed by atoms with van der Waals surface area (Å²) in [6, 6.07) is 0.278. The minimum absolute atomic E-state index is 0.278. The predicted molar refractivity (Wildman–Crippen MR) is 55.9 cm³/mol. The van der Waals surface area contributed by atoms with Crippen LogP contribution in [0.15, 0.2) is 11.6 Å². The number of hydrogen-bond acceptors (Lipinski definition) is 2. The van der Waals surface area contributed by atoms with Gasteiger partial charge in [-0.1, -0.05) is 17.7 Å². The van der Waals surface area contributed by atoms with Crippen molar-refractivity contribution in [3.63, 3.8) is 0 Å². The van der Waals surface area contributed by atoms with Gasteiger partial charge < -0.3 is 5.11 Å². The molecule has 0 saturated carbocycles. The molecule has 0 aromatic carbocycles. The van der Waals surface area contributed by atoms with Gasteiger partial charge in [-0.15, -0.1) is 0 Å². The van der Waals surface area contributed by atoms with E-state index in [1.54, 1.807) is 5.54 Å². The second kappa shape index (κ2) is 4.45. The van der Waals surface area contributed by atoms with Gasteiger partial charge in [0.15, 0.2) is 0 Å². The quantitative estimate of drug-likeness (QED) is 0.759. The fraction of sp³-hybridized carbons (Fsp3) is 0.800. The minimum atomic E-state index is -0.601. The molecular formula is C10H18ClNO. The molecule has 0 aromatic heterocycles. The smallest absolute Gasteiger partial charge is 0.0746 e. The molecule has 1 fully saturated rings. The summed E-state index contributed by atoms with van der Waals surface area (Å²) in [7, 11) is 0. The summed E-state index contributed by atoms with van der Waals surface area (Å²) in [6.45, 7) is 5.66. The number of halogens is 1. The molecule has 2 nitrogen and oxygen atoms in total. The van der Waals surface area contributed by atoms with Crippen molar-refractivity contribution in [3.8, 4) is 0 Å². The van der Waals surface area contributed by atoms with Gasteiger partial charge in [-0.3, -0.25) is 4.90 Å². The maximum absolute atomic E-state index is 9.89. The zero-order chi connectivity index (χ0) is 9.90. The van der Waals surface area contributed by atoms with E-state index < -0.39 is 5.60 Å². The summed E-state index contributed by atoms with van der Waals surface area (Å²) in [6.07, 6.45) is 4.18. The topological polar surface area (TPSA) is 23.5 Å². The molecule has 0 radical (unpaired) electrons. The third kappa shape index (κ3) is 2.97. The van der Waals surface area contributed by atoms with Crippen LogP contribution in [0.3, 0.4) is 0 Å². The van der Waals surface area contributed by atoms with Gasteiger partial charge >= 0.3 is 0 Å². The number of nitrogens with zero attached hydrogens (tertiary/aromatic N) is 1. The fourth-order valence-corrected chi connectivity index (χ4v) is 2.10. The van der Waals surface area contributed by atoms with Crippen molar-refractivity contribution in [1.82, 2.24) is 4.90 Å². The van der Waals surface area contributed by atoms with Gasteiger partial charge in [-0.25, -0.2) is 0 Å². The molecule has 1 N–H and O–H groups in total. The van der Waals surface area contributed by atoms with Gasteiger partial charge in [0.1, 0.15) is 0 Å². The van der Waals surface area contributed by atoms with Crippen molar-refractivity contribution in [2.75, 3.05) is 13.1 Å². The monoisotopic (exact) mass is 203 g/mol. The van der Waals surface area contributed by atoms with Crippen LogP contribution >= 0.6 is 11.6 Å². The molecule has 1 aliphatic heterocycles. The first kappa shape index (κ1) is 11.0. The highest BCUT2D eigenvalue weighted by molar-refractivity contribution is 6.25. The highest BCUT2D eigenvalue weighted by atomic mass is 35.5. The SMILES string of the molecule is CC(C)(O)C1CCCN1C/C=C/Cl. The highest BCUT2D eigenvalue weighted by Crippen LogP contribution is 2.26. The van der Waals surface area contributed by atoms with Gasteiger partial charge in [0.2, 0.25) is 0 Å². The van der Waals surface area contributed by atoms with Crippen LogP contribution in [-0.4, -0.2) is 34.7 Å². The third-order valence-corrected chi connectivity index (χ3v) is 2.79. The van der Waals surface area contributed by atoms with Crippen molar-refractivity contribution in [1.29, 1.82) is 0 Å². The maximum Gasteiger partial charge on any atom is 0.0746 e. The molecule has 0 spiro atoms. The Morgan fingerprint density at radius 1 is 1.62 bits per heavy atom. The van der Waals surface area contributed by atoms with Gasteiger partial charge in [-0.2, -0.15) is 0 Å². The number of likely N-dealkylation sites (tertiary alicyclic amines) is 1. The summed E-state index contributed by atoms with van der Waals surface area (Å²) in [5, 5.41) is 9.89. The standard InChI is InChI=1S/C10H18ClNO/c1-10(2,13)9-5-3-7-12(9)8-4-6-11/h4,6,9,13H,3,5,7-8H2,1-2H3/b6-4+. The Hall–Kier alpha value is -0.0500. The summed E-state index contributed by atoms with van der Waals surface area (Å²) < 4.78 is 0. The molecule has 0 aliphatic carbocycles. The van der Waals surface area contributed by atoms with E-state index in [9.17, 15) is 5.11 Å². The minimum Gasteiger partial charge on any atom is -0.389 e. The van der Waals surface area contributed by atoms with Crippen LogP contribution in [0, 0.1) is 0 Å². The Morgan fingerprint density at radius 3 is 2.85 bits per heavy atom. The lowest BCUT2D eigenvalue weighted by Gasteiger charge is -2.33. The van der Waals surface area contributed by atoms with Crippen LogP contribution in [0.2, 0.25) is 0 Å². The summed E-state index contributed by atoms with van der Waals surface area (Å²) >= 11 is 5.47. The second-order valence-corrected chi connectivity index (χ2v) is 4.42. The van der Waals surface area contributed by atoms with E-state index in [-0.39, 0.29) is 6.04 Å². The van der Waals surface area contributed by atoms with Crippen LogP contribution in [0.25, 0.3) is 0 Å². The van der Waals surface area contributed by atoms with Crippen molar-refractivity contribution in [2.45, 2.75) is 38.3 Å². The molecule has 1 unspecified atom stereocenters. The number of rotatable bonds is 3. The lowest BCUT2D eigenvalue weighted by molar-refractivity contribution is 0.00139. The first-order valence-electron chi connectivity index (χ1n) is 4.77. The zero-order valence-corrected chi connectivity index (χ0v) is 9.09. The molecule has 1 rings (SSSR count). The Morgan fingerprint density at radius 2 is 2.31 bits per heavy atom. The van der Waals surface area contributed by atoms with Crippen LogP contribution in [0.4, 0.5) is 0 Å². The van der Waals surface area contributed by atoms with Gasteiger partial charge in [0.25, 0.3) is 0 Å². The van der Waals surface area contributed by atoms with Crippen molar-refractivity contribution in [2.24, 2.45) is 0 Å². The average molecular weight is 204 g/mol. The Kier molecular flexibility index (Phi) is 3.77. The molecule has 76 valence electrons. The number of aliphatic hydroxyl groups is 1. The predicted octanol–water partition coefficient (Wildman–Crippen LogP) is 1.97. The molecule has 0 bridgehead atoms. The Labute approximate surface area is 85.2 Å². The lowest BCUT2D eigenvalue weighted by Crippen LogP contribution is -2.45. The van der Waals surface area contributed by atoms with Crippen molar-refractivity contribution >= 4 is 11.6 Å². The van der Waals surface area contributed by atoms with E-state index in [4.69, 9.17) is 11.6 Å². The highest BCUT2D eigenvalue weighted by Gasteiger charge is 2.34. The van der Waals surface area contributed by atoms with E-state index in [0.717, 1.165) is 19.5 Å². The largest absolute Gasteiger partial charge is 0.389 e. The second-order valence-electron chi connectivity index (χ2n) is 4.17. The molecule has 1 atom stereocenters. The first-order valence-corrected chi connectivity index (χ1v) is 5.21. The fourth-order valence-electron chi connectivity index (χ4n) is 2.02. The molecule has 1 heterocycles. The molecule has 0 aromatic rings. The average Bonchev–Trinajstić information content (AvgIpc) is 2.47. The van der Waals surface area contributed by atoms with Crippen LogP contribution in [-0.2, 0) is 0 Å². The summed E-state index contributed by atoms with van der Waals surface area (Å²) in [5.74, 6) is 0. The lowest BCUT2D eigenvalue weighted by atomic mass is 9.97. The normalized spacial score (nSPS) is 26.0.